The Morgan fingerprint density at radius 2 is 2.08 bits per heavy atom. The summed E-state index contributed by atoms with van der Waals surface area (Å²) in [5.41, 5.74) is 1.20. The van der Waals surface area contributed by atoms with Crippen molar-refractivity contribution in [2.24, 2.45) is 4.99 Å². The molecular formula is C18H33IN6O. The molecule has 0 aromatic carbocycles. The highest BCUT2D eigenvalue weighted by molar-refractivity contribution is 14.0. The molecule has 26 heavy (non-hydrogen) atoms. The predicted octanol–water partition coefficient (Wildman–Crippen LogP) is 1.54. The summed E-state index contributed by atoms with van der Waals surface area (Å²) in [5, 5.41) is 6.66. The summed E-state index contributed by atoms with van der Waals surface area (Å²) in [7, 11) is 3.48. The highest BCUT2D eigenvalue weighted by Gasteiger charge is 2.16. The van der Waals surface area contributed by atoms with E-state index in [2.05, 4.69) is 50.3 Å². The van der Waals surface area contributed by atoms with Crippen LogP contribution in [-0.2, 0) is 11.3 Å². The van der Waals surface area contributed by atoms with Gasteiger partial charge in [-0.15, -0.1) is 24.0 Å². The first kappa shape index (κ1) is 22.9. The van der Waals surface area contributed by atoms with Crippen LogP contribution < -0.4 is 15.5 Å². The Morgan fingerprint density at radius 3 is 2.69 bits per heavy atom. The van der Waals surface area contributed by atoms with E-state index in [-0.39, 0.29) is 30.0 Å². The zero-order valence-electron chi connectivity index (χ0n) is 16.4. The Bertz CT molecular complexity index is 548. The third kappa shape index (κ3) is 7.24. The van der Waals surface area contributed by atoms with Gasteiger partial charge in [-0.1, -0.05) is 6.92 Å². The van der Waals surface area contributed by atoms with Crippen molar-refractivity contribution in [3.8, 4) is 0 Å². The highest BCUT2D eigenvalue weighted by atomic mass is 127. The van der Waals surface area contributed by atoms with Crippen LogP contribution in [0.5, 0.6) is 0 Å². The molecule has 1 atom stereocenters. The first-order valence-corrected chi connectivity index (χ1v) is 9.04. The number of guanidine groups is 1. The number of halogens is 1. The van der Waals surface area contributed by atoms with E-state index in [4.69, 9.17) is 4.74 Å². The molecule has 1 aliphatic heterocycles. The molecule has 2 heterocycles. The molecule has 0 amide bonds. The van der Waals surface area contributed by atoms with E-state index >= 15 is 0 Å². The van der Waals surface area contributed by atoms with E-state index in [1.54, 1.807) is 14.2 Å². The van der Waals surface area contributed by atoms with E-state index < -0.39 is 0 Å². The van der Waals surface area contributed by atoms with Crippen molar-refractivity contribution >= 4 is 35.8 Å². The van der Waals surface area contributed by atoms with Gasteiger partial charge in [-0.05, 0) is 31.2 Å². The summed E-state index contributed by atoms with van der Waals surface area (Å²) in [6, 6.07) is 4.42. The maximum atomic E-state index is 5.15. The molecular weight excluding hydrogens is 443 g/mol. The summed E-state index contributed by atoms with van der Waals surface area (Å²) < 4.78 is 5.15. The Kier molecular flexibility index (Phi) is 10.8. The maximum absolute atomic E-state index is 5.15. The maximum Gasteiger partial charge on any atom is 0.191 e. The first-order chi connectivity index (χ1) is 12.2. The largest absolute Gasteiger partial charge is 0.383 e. The standard InChI is InChI=1S/C18H32N6O.HI/c1-5-23-8-10-24(11-9-23)17-12-16(6-7-20-17)13-21-18(19-3)22-15(2)14-25-4;/h6-7,12,15H,5,8-11,13-14H2,1-4H3,(H2,19,21,22);1H. The molecule has 2 N–H and O–H groups in total. The summed E-state index contributed by atoms with van der Waals surface area (Å²) in [4.78, 5) is 13.6. The monoisotopic (exact) mass is 476 g/mol. The zero-order valence-corrected chi connectivity index (χ0v) is 18.7. The van der Waals surface area contributed by atoms with Crippen LogP contribution >= 0.6 is 24.0 Å². The average Bonchev–Trinajstić information content (AvgIpc) is 2.65. The molecule has 7 nitrogen and oxygen atoms in total. The number of anilines is 1. The number of nitrogens with zero attached hydrogens (tertiary/aromatic N) is 4. The molecule has 2 rings (SSSR count). The lowest BCUT2D eigenvalue weighted by molar-refractivity contribution is 0.179. The smallest absolute Gasteiger partial charge is 0.191 e. The number of ether oxygens (including phenoxy) is 1. The second-order valence-electron chi connectivity index (χ2n) is 6.37. The van der Waals surface area contributed by atoms with Crippen LogP contribution in [0.1, 0.15) is 19.4 Å². The number of pyridine rings is 1. The fourth-order valence-corrected chi connectivity index (χ4v) is 2.94. The minimum atomic E-state index is 0. The molecule has 1 aromatic rings. The first-order valence-electron chi connectivity index (χ1n) is 9.04. The summed E-state index contributed by atoms with van der Waals surface area (Å²) in [6.45, 7) is 11.0. The van der Waals surface area contributed by atoms with E-state index in [1.807, 2.05) is 12.3 Å². The van der Waals surface area contributed by atoms with E-state index in [1.165, 1.54) is 5.56 Å². The second kappa shape index (κ2) is 12.3. The summed E-state index contributed by atoms with van der Waals surface area (Å²) >= 11 is 0. The van der Waals surface area contributed by atoms with Gasteiger partial charge in [-0.3, -0.25) is 4.99 Å². The van der Waals surface area contributed by atoms with Gasteiger partial charge in [0.2, 0.25) is 0 Å². The van der Waals surface area contributed by atoms with Crippen LogP contribution in [0.3, 0.4) is 0 Å². The molecule has 1 fully saturated rings. The van der Waals surface area contributed by atoms with Crippen molar-refractivity contribution in [2.75, 3.05) is 58.4 Å². The van der Waals surface area contributed by atoms with Crippen LogP contribution in [0.4, 0.5) is 5.82 Å². The fraction of sp³-hybridized carbons (Fsp3) is 0.667. The molecule has 0 radical (unpaired) electrons. The Morgan fingerprint density at radius 1 is 1.35 bits per heavy atom. The van der Waals surface area contributed by atoms with Gasteiger partial charge in [0.05, 0.1) is 6.61 Å². The van der Waals surface area contributed by atoms with Gasteiger partial charge in [0.1, 0.15) is 5.82 Å². The topological polar surface area (TPSA) is 65.0 Å². The number of aliphatic imine (C=N–C) groups is 1. The van der Waals surface area contributed by atoms with Gasteiger partial charge in [0.15, 0.2) is 5.96 Å². The minimum absolute atomic E-state index is 0. The molecule has 1 aliphatic rings. The lowest BCUT2D eigenvalue weighted by Gasteiger charge is -2.34. The lowest BCUT2D eigenvalue weighted by atomic mass is 10.2. The molecule has 1 saturated heterocycles. The number of likely N-dealkylation sites (N-methyl/N-ethyl adjacent to an activating group) is 1. The molecule has 0 bridgehead atoms. The van der Waals surface area contributed by atoms with Crippen molar-refractivity contribution in [3.05, 3.63) is 23.9 Å². The fourth-order valence-electron chi connectivity index (χ4n) is 2.94. The van der Waals surface area contributed by atoms with Crippen molar-refractivity contribution in [2.45, 2.75) is 26.4 Å². The van der Waals surface area contributed by atoms with Crippen molar-refractivity contribution < 1.29 is 4.74 Å². The highest BCUT2D eigenvalue weighted by Crippen LogP contribution is 2.15. The molecule has 1 unspecified atom stereocenters. The Balaban J connectivity index is 0.00000338. The average molecular weight is 476 g/mol. The van der Waals surface area contributed by atoms with Gasteiger partial charge >= 0.3 is 0 Å². The molecule has 1 aromatic heterocycles. The lowest BCUT2D eigenvalue weighted by Crippen LogP contribution is -2.46. The SMILES string of the molecule is CCN1CCN(c2cc(CNC(=NC)NC(C)COC)ccn2)CC1.I. The van der Waals surface area contributed by atoms with Gasteiger partial charge in [0, 0.05) is 59.1 Å². The van der Waals surface area contributed by atoms with Crippen LogP contribution in [0.15, 0.2) is 23.3 Å². The van der Waals surface area contributed by atoms with Gasteiger partial charge in [-0.2, -0.15) is 0 Å². The van der Waals surface area contributed by atoms with Crippen LogP contribution in [0.25, 0.3) is 0 Å². The van der Waals surface area contributed by atoms with E-state index in [0.717, 1.165) is 44.5 Å². The van der Waals surface area contributed by atoms with Crippen molar-refractivity contribution in [3.63, 3.8) is 0 Å². The van der Waals surface area contributed by atoms with Crippen LogP contribution in [0.2, 0.25) is 0 Å². The van der Waals surface area contributed by atoms with Crippen LogP contribution in [0, 0.1) is 0 Å². The normalized spacial score (nSPS) is 16.8. The molecule has 0 spiro atoms. The van der Waals surface area contributed by atoms with Gasteiger partial charge in [-0.25, -0.2) is 4.98 Å². The quantitative estimate of drug-likeness (QED) is 0.354. The number of hydrogen-bond donors (Lipinski definition) is 2. The molecule has 148 valence electrons. The Labute approximate surface area is 174 Å². The Hall–Kier alpha value is -1.13. The summed E-state index contributed by atoms with van der Waals surface area (Å²) in [6.07, 6.45) is 1.89. The number of hydrogen-bond acceptors (Lipinski definition) is 5. The predicted molar refractivity (Wildman–Crippen MR) is 119 cm³/mol. The second-order valence-corrected chi connectivity index (χ2v) is 6.37. The van der Waals surface area contributed by atoms with Gasteiger partial charge in [0.25, 0.3) is 0 Å². The molecule has 8 heteroatoms. The summed E-state index contributed by atoms with van der Waals surface area (Å²) in [5.74, 6) is 1.84. The number of methoxy groups -OCH3 is 1. The number of piperazine rings is 1. The molecule has 0 aliphatic carbocycles. The number of aromatic nitrogens is 1. The third-order valence-corrected chi connectivity index (χ3v) is 4.44. The van der Waals surface area contributed by atoms with E-state index in [9.17, 15) is 0 Å². The number of nitrogens with one attached hydrogen (secondary N) is 2. The van der Waals surface area contributed by atoms with Crippen molar-refractivity contribution in [1.29, 1.82) is 0 Å². The zero-order chi connectivity index (χ0) is 18.1. The van der Waals surface area contributed by atoms with Gasteiger partial charge < -0.3 is 25.2 Å². The third-order valence-electron chi connectivity index (χ3n) is 4.44. The minimum Gasteiger partial charge on any atom is -0.383 e. The number of rotatable bonds is 7. The van der Waals surface area contributed by atoms with E-state index in [0.29, 0.717) is 13.2 Å². The van der Waals surface area contributed by atoms with Crippen molar-refractivity contribution in [1.82, 2.24) is 20.5 Å². The molecule has 0 saturated carbocycles. The van der Waals surface area contributed by atoms with Crippen LogP contribution in [-0.4, -0.2) is 75.4 Å².